The maximum Gasteiger partial charge on any atom is 0.420 e. The van der Waals surface area contributed by atoms with E-state index in [1.54, 1.807) is 4.57 Å². The van der Waals surface area contributed by atoms with E-state index in [0.29, 0.717) is 17.5 Å². The maximum atomic E-state index is 11.9. The SMILES string of the molecule is CC(C)n1c(=O)oc2ccc(C3CC(CN)CN3C)cc21. The van der Waals surface area contributed by atoms with Gasteiger partial charge in [0.1, 0.15) is 0 Å². The molecule has 5 nitrogen and oxygen atoms in total. The second kappa shape index (κ2) is 5.31. The third-order valence-corrected chi connectivity index (χ3v) is 4.51. The van der Waals surface area contributed by atoms with E-state index in [2.05, 4.69) is 24.1 Å². The predicted molar refractivity (Wildman–Crippen MR) is 83.4 cm³/mol. The van der Waals surface area contributed by atoms with Gasteiger partial charge in [-0.3, -0.25) is 9.47 Å². The number of hydrogen-bond acceptors (Lipinski definition) is 4. The molecule has 0 bridgehead atoms. The van der Waals surface area contributed by atoms with E-state index in [9.17, 15) is 4.79 Å². The van der Waals surface area contributed by atoms with Crippen molar-refractivity contribution in [1.82, 2.24) is 9.47 Å². The lowest BCUT2D eigenvalue weighted by Gasteiger charge is -2.19. The molecule has 1 aromatic carbocycles. The van der Waals surface area contributed by atoms with Crippen LogP contribution in [-0.2, 0) is 0 Å². The molecule has 0 aliphatic carbocycles. The van der Waals surface area contributed by atoms with E-state index in [1.165, 1.54) is 5.56 Å². The molecule has 0 amide bonds. The molecule has 2 aromatic rings. The van der Waals surface area contributed by atoms with Crippen LogP contribution in [0.25, 0.3) is 11.1 Å². The van der Waals surface area contributed by atoms with Crippen molar-refractivity contribution in [1.29, 1.82) is 0 Å². The molecule has 3 rings (SSSR count). The van der Waals surface area contributed by atoms with Gasteiger partial charge in [0, 0.05) is 18.6 Å². The van der Waals surface area contributed by atoms with Crippen LogP contribution in [0.1, 0.15) is 37.9 Å². The van der Waals surface area contributed by atoms with Crippen LogP contribution in [0.5, 0.6) is 0 Å². The number of oxazole rings is 1. The first-order valence-corrected chi connectivity index (χ1v) is 7.56. The van der Waals surface area contributed by atoms with Crippen molar-refractivity contribution in [2.75, 3.05) is 20.1 Å². The fraction of sp³-hybridized carbons (Fsp3) is 0.562. The van der Waals surface area contributed by atoms with Crippen LogP contribution in [0.3, 0.4) is 0 Å². The number of benzene rings is 1. The zero-order valence-corrected chi connectivity index (χ0v) is 12.9. The van der Waals surface area contributed by atoms with Crippen molar-refractivity contribution < 1.29 is 4.42 Å². The van der Waals surface area contributed by atoms with Gasteiger partial charge in [-0.15, -0.1) is 0 Å². The van der Waals surface area contributed by atoms with E-state index < -0.39 is 0 Å². The van der Waals surface area contributed by atoms with Gasteiger partial charge in [0.25, 0.3) is 0 Å². The highest BCUT2D eigenvalue weighted by Gasteiger charge is 2.30. The Balaban J connectivity index is 2.05. The zero-order chi connectivity index (χ0) is 15.1. The highest BCUT2D eigenvalue weighted by molar-refractivity contribution is 5.74. The van der Waals surface area contributed by atoms with Gasteiger partial charge >= 0.3 is 5.76 Å². The number of hydrogen-bond donors (Lipinski definition) is 1. The number of rotatable bonds is 3. The molecule has 1 fully saturated rings. The van der Waals surface area contributed by atoms with Crippen molar-refractivity contribution in [2.45, 2.75) is 32.4 Å². The van der Waals surface area contributed by atoms with E-state index in [-0.39, 0.29) is 11.8 Å². The van der Waals surface area contributed by atoms with Gasteiger partial charge in [-0.2, -0.15) is 0 Å². The summed E-state index contributed by atoms with van der Waals surface area (Å²) in [6.07, 6.45) is 1.07. The molecule has 1 aromatic heterocycles. The molecule has 0 saturated carbocycles. The second-order valence-corrected chi connectivity index (χ2v) is 6.35. The number of nitrogens with zero attached hydrogens (tertiary/aromatic N) is 2. The molecule has 2 N–H and O–H groups in total. The number of aromatic nitrogens is 1. The predicted octanol–water partition coefficient (Wildman–Crippen LogP) is 2.13. The minimum absolute atomic E-state index is 0.0899. The molecule has 1 saturated heterocycles. The molecule has 0 spiro atoms. The first kappa shape index (κ1) is 14.4. The Bertz CT molecular complexity index is 701. The molecule has 2 heterocycles. The Morgan fingerprint density at radius 3 is 2.81 bits per heavy atom. The summed E-state index contributed by atoms with van der Waals surface area (Å²) in [6, 6.07) is 6.53. The summed E-state index contributed by atoms with van der Waals surface area (Å²) < 4.78 is 7.04. The quantitative estimate of drug-likeness (QED) is 0.940. The van der Waals surface area contributed by atoms with Crippen LogP contribution in [0.2, 0.25) is 0 Å². The Kier molecular flexibility index (Phi) is 3.63. The molecular formula is C16H23N3O2. The molecule has 21 heavy (non-hydrogen) atoms. The van der Waals surface area contributed by atoms with Gasteiger partial charge in [0.05, 0.1) is 5.52 Å². The normalized spacial score (nSPS) is 23.5. The van der Waals surface area contributed by atoms with Crippen LogP contribution in [-0.4, -0.2) is 29.6 Å². The number of fused-ring (bicyclic) bond motifs is 1. The van der Waals surface area contributed by atoms with Crippen LogP contribution in [0.15, 0.2) is 27.4 Å². The fourth-order valence-corrected chi connectivity index (χ4v) is 3.41. The molecule has 2 unspecified atom stereocenters. The third kappa shape index (κ3) is 2.40. The zero-order valence-electron chi connectivity index (χ0n) is 12.9. The molecule has 2 atom stereocenters. The topological polar surface area (TPSA) is 64.4 Å². The van der Waals surface area contributed by atoms with E-state index in [0.717, 1.165) is 25.0 Å². The van der Waals surface area contributed by atoms with Gasteiger partial charge < -0.3 is 10.2 Å². The lowest BCUT2D eigenvalue weighted by molar-refractivity contribution is 0.314. The van der Waals surface area contributed by atoms with Crippen LogP contribution >= 0.6 is 0 Å². The van der Waals surface area contributed by atoms with Crippen molar-refractivity contribution in [2.24, 2.45) is 11.7 Å². The number of likely N-dealkylation sites (tertiary alicyclic amines) is 1. The van der Waals surface area contributed by atoms with Gasteiger partial charge in [0.15, 0.2) is 5.58 Å². The summed E-state index contributed by atoms with van der Waals surface area (Å²) in [5.41, 5.74) is 8.59. The molecule has 5 heteroatoms. The summed E-state index contributed by atoms with van der Waals surface area (Å²) >= 11 is 0. The van der Waals surface area contributed by atoms with E-state index >= 15 is 0 Å². The largest absolute Gasteiger partial charge is 0.420 e. The minimum Gasteiger partial charge on any atom is -0.408 e. The van der Waals surface area contributed by atoms with Crippen molar-refractivity contribution in [3.8, 4) is 0 Å². The molecular weight excluding hydrogens is 266 g/mol. The Morgan fingerprint density at radius 1 is 1.43 bits per heavy atom. The maximum absolute atomic E-state index is 11.9. The first-order chi connectivity index (χ1) is 10.0. The average Bonchev–Trinajstić information content (AvgIpc) is 2.96. The van der Waals surface area contributed by atoms with E-state index in [4.69, 9.17) is 10.2 Å². The summed E-state index contributed by atoms with van der Waals surface area (Å²) in [6.45, 7) is 5.75. The van der Waals surface area contributed by atoms with Gasteiger partial charge in [-0.1, -0.05) is 6.07 Å². The summed E-state index contributed by atoms with van der Waals surface area (Å²) in [5.74, 6) is 0.268. The van der Waals surface area contributed by atoms with Crippen LogP contribution in [0, 0.1) is 5.92 Å². The summed E-state index contributed by atoms with van der Waals surface area (Å²) in [7, 11) is 2.13. The highest BCUT2D eigenvalue weighted by atomic mass is 16.4. The first-order valence-electron chi connectivity index (χ1n) is 7.56. The van der Waals surface area contributed by atoms with Gasteiger partial charge in [-0.25, -0.2) is 4.79 Å². The lowest BCUT2D eigenvalue weighted by Crippen LogP contribution is -2.20. The lowest BCUT2D eigenvalue weighted by atomic mass is 9.99. The van der Waals surface area contributed by atoms with Gasteiger partial charge in [0.2, 0.25) is 0 Å². The minimum atomic E-state index is -0.281. The van der Waals surface area contributed by atoms with Crippen molar-refractivity contribution in [3.63, 3.8) is 0 Å². The van der Waals surface area contributed by atoms with Crippen molar-refractivity contribution in [3.05, 3.63) is 34.3 Å². The third-order valence-electron chi connectivity index (χ3n) is 4.51. The van der Waals surface area contributed by atoms with Crippen molar-refractivity contribution >= 4 is 11.1 Å². The molecule has 1 aliphatic heterocycles. The molecule has 114 valence electrons. The van der Waals surface area contributed by atoms with E-state index in [1.807, 2.05) is 19.9 Å². The van der Waals surface area contributed by atoms with Gasteiger partial charge in [-0.05, 0) is 57.5 Å². The second-order valence-electron chi connectivity index (χ2n) is 6.35. The standard InChI is InChI=1S/C16H23N3O2/c1-10(2)19-14-7-12(4-5-15(14)21-16(19)20)13-6-11(8-17)9-18(13)3/h4-5,7,10-11,13H,6,8-9,17H2,1-3H3. The molecule has 1 aliphatic rings. The summed E-state index contributed by atoms with van der Waals surface area (Å²) in [4.78, 5) is 14.3. The smallest absolute Gasteiger partial charge is 0.408 e. The summed E-state index contributed by atoms with van der Waals surface area (Å²) in [5, 5.41) is 0. The Morgan fingerprint density at radius 2 is 2.19 bits per heavy atom. The number of nitrogens with two attached hydrogens (primary N) is 1. The van der Waals surface area contributed by atoms with Crippen LogP contribution < -0.4 is 11.5 Å². The van der Waals surface area contributed by atoms with Crippen LogP contribution in [0.4, 0.5) is 0 Å². The molecule has 0 radical (unpaired) electrons. The Labute approximate surface area is 124 Å². The average molecular weight is 289 g/mol. The fourth-order valence-electron chi connectivity index (χ4n) is 3.41. The highest BCUT2D eigenvalue weighted by Crippen LogP contribution is 2.35. The Hall–Kier alpha value is -1.59. The monoisotopic (exact) mass is 289 g/mol.